The van der Waals surface area contributed by atoms with Gasteiger partial charge in [-0.2, -0.15) is 0 Å². The molecule has 4 heteroatoms. The molecule has 0 unspecified atom stereocenters. The molecule has 1 aromatic rings. The highest BCUT2D eigenvalue weighted by molar-refractivity contribution is 6.32. The number of benzene rings is 1. The summed E-state index contributed by atoms with van der Waals surface area (Å²) in [6.07, 6.45) is 0. The van der Waals surface area contributed by atoms with E-state index in [4.69, 9.17) is 16.3 Å². The minimum Gasteiger partial charge on any atom is -0.495 e. The van der Waals surface area contributed by atoms with Crippen LogP contribution >= 0.6 is 11.6 Å². The average molecular weight is 214 g/mol. The third kappa shape index (κ3) is 2.39. The van der Waals surface area contributed by atoms with Crippen LogP contribution in [0.2, 0.25) is 5.02 Å². The molecule has 0 radical (unpaired) electrons. The summed E-state index contributed by atoms with van der Waals surface area (Å²) in [5, 5.41) is 3.24. The van der Waals surface area contributed by atoms with E-state index in [1.165, 1.54) is 14.0 Å². The predicted molar refractivity (Wildman–Crippen MR) is 57.0 cm³/mol. The summed E-state index contributed by atoms with van der Waals surface area (Å²) in [4.78, 5) is 10.9. The fraction of sp³-hybridized carbons (Fsp3) is 0.300. The number of amides is 1. The third-order valence-corrected chi connectivity index (χ3v) is 2.10. The monoisotopic (exact) mass is 213 g/mol. The molecule has 0 heterocycles. The second-order valence-electron chi connectivity index (χ2n) is 2.98. The topological polar surface area (TPSA) is 38.3 Å². The second-order valence-corrected chi connectivity index (χ2v) is 3.39. The Morgan fingerprint density at radius 1 is 1.50 bits per heavy atom. The number of rotatable bonds is 2. The van der Waals surface area contributed by atoms with Gasteiger partial charge in [-0.15, -0.1) is 0 Å². The number of hydrogen-bond donors (Lipinski definition) is 1. The van der Waals surface area contributed by atoms with Gasteiger partial charge in [0.25, 0.3) is 0 Å². The predicted octanol–water partition coefficient (Wildman–Crippen LogP) is 2.62. The van der Waals surface area contributed by atoms with Crippen molar-refractivity contribution in [2.24, 2.45) is 0 Å². The standard InChI is InChI=1S/C10H12ClNO2/c1-6-4-8(11)10(14-3)5-9(6)12-7(2)13/h4-5H,1-3H3,(H,12,13). The lowest BCUT2D eigenvalue weighted by Gasteiger charge is -2.10. The number of carbonyl (C=O) groups is 1. The molecule has 1 N–H and O–H groups in total. The first-order valence-corrected chi connectivity index (χ1v) is 4.54. The summed E-state index contributed by atoms with van der Waals surface area (Å²) >= 11 is 5.90. The van der Waals surface area contributed by atoms with Crippen molar-refractivity contribution in [2.45, 2.75) is 13.8 Å². The zero-order chi connectivity index (χ0) is 10.7. The van der Waals surface area contributed by atoms with Crippen LogP contribution in [0.3, 0.4) is 0 Å². The Balaban J connectivity index is 3.10. The van der Waals surface area contributed by atoms with Gasteiger partial charge in [-0.25, -0.2) is 0 Å². The molecule has 3 nitrogen and oxygen atoms in total. The van der Waals surface area contributed by atoms with Gasteiger partial charge in [0.2, 0.25) is 5.91 Å². The smallest absolute Gasteiger partial charge is 0.221 e. The fourth-order valence-electron chi connectivity index (χ4n) is 1.13. The molecule has 0 aromatic heterocycles. The third-order valence-electron chi connectivity index (χ3n) is 1.81. The zero-order valence-electron chi connectivity index (χ0n) is 8.35. The Hall–Kier alpha value is -1.22. The van der Waals surface area contributed by atoms with Crippen molar-refractivity contribution >= 4 is 23.2 Å². The van der Waals surface area contributed by atoms with E-state index in [9.17, 15) is 4.79 Å². The van der Waals surface area contributed by atoms with Gasteiger partial charge in [-0.1, -0.05) is 11.6 Å². The lowest BCUT2D eigenvalue weighted by Crippen LogP contribution is -2.07. The number of aryl methyl sites for hydroxylation is 1. The van der Waals surface area contributed by atoms with E-state index < -0.39 is 0 Å². The Bertz CT molecular complexity index is 363. The maximum absolute atomic E-state index is 10.9. The molecule has 0 aliphatic heterocycles. The van der Waals surface area contributed by atoms with E-state index in [0.29, 0.717) is 10.8 Å². The molecule has 0 fully saturated rings. The van der Waals surface area contributed by atoms with Crippen LogP contribution in [0.25, 0.3) is 0 Å². The molecule has 1 rings (SSSR count). The van der Waals surface area contributed by atoms with Crippen LogP contribution in [-0.2, 0) is 4.79 Å². The van der Waals surface area contributed by atoms with E-state index >= 15 is 0 Å². The van der Waals surface area contributed by atoms with Crippen molar-refractivity contribution in [1.82, 2.24) is 0 Å². The van der Waals surface area contributed by atoms with Crippen molar-refractivity contribution in [3.8, 4) is 5.75 Å². The molecule has 0 spiro atoms. The maximum atomic E-state index is 10.9. The number of nitrogens with one attached hydrogen (secondary N) is 1. The number of halogens is 1. The molecule has 76 valence electrons. The van der Waals surface area contributed by atoms with E-state index in [0.717, 1.165) is 11.3 Å². The quantitative estimate of drug-likeness (QED) is 0.820. The summed E-state index contributed by atoms with van der Waals surface area (Å²) in [5.41, 5.74) is 1.63. The highest BCUT2D eigenvalue weighted by Gasteiger charge is 2.06. The number of anilines is 1. The number of hydrogen-bond acceptors (Lipinski definition) is 2. The highest BCUT2D eigenvalue weighted by Crippen LogP contribution is 2.30. The minimum atomic E-state index is -0.113. The molecular weight excluding hydrogens is 202 g/mol. The average Bonchev–Trinajstić information content (AvgIpc) is 2.09. The van der Waals surface area contributed by atoms with Gasteiger partial charge in [0, 0.05) is 18.7 Å². The van der Waals surface area contributed by atoms with Crippen LogP contribution in [0.1, 0.15) is 12.5 Å². The van der Waals surface area contributed by atoms with Crippen molar-refractivity contribution in [3.05, 3.63) is 22.7 Å². The van der Waals surface area contributed by atoms with Crippen LogP contribution in [0.5, 0.6) is 5.75 Å². The van der Waals surface area contributed by atoms with E-state index in [2.05, 4.69) is 5.32 Å². The van der Waals surface area contributed by atoms with Gasteiger partial charge in [-0.3, -0.25) is 4.79 Å². The summed E-state index contributed by atoms with van der Waals surface area (Å²) in [7, 11) is 1.54. The van der Waals surface area contributed by atoms with Crippen LogP contribution < -0.4 is 10.1 Å². The normalized spacial score (nSPS) is 9.71. The Morgan fingerprint density at radius 3 is 2.64 bits per heavy atom. The molecule has 1 aromatic carbocycles. The Labute approximate surface area is 88.0 Å². The Morgan fingerprint density at radius 2 is 2.14 bits per heavy atom. The molecule has 0 aliphatic carbocycles. The number of carbonyl (C=O) groups excluding carboxylic acids is 1. The van der Waals surface area contributed by atoms with Crippen molar-refractivity contribution in [1.29, 1.82) is 0 Å². The minimum absolute atomic E-state index is 0.113. The van der Waals surface area contributed by atoms with Gasteiger partial charge in [0.1, 0.15) is 5.75 Å². The molecule has 0 atom stereocenters. The number of ether oxygens (including phenoxy) is 1. The molecule has 0 saturated carbocycles. The van der Waals surface area contributed by atoms with Crippen LogP contribution in [-0.4, -0.2) is 13.0 Å². The second kappa shape index (κ2) is 4.33. The van der Waals surface area contributed by atoms with Crippen LogP contribution in [0.4, 0.5) is 5.69 Å². The highest BCUT2D eigenvalue weighted by atomic mass is 35.5. The zero-order valence-corrected chi connectivity index (χ0v) is 9.11. The van der Waals surface area contributed by atoms with Crippen LogP contribution in [0, 0.1) is 6.92 Å². The van der Waals surface area contributed by atoms with Gasteiger partial charge >= 0.3 is 0 Å². The lowest BCUT2D eigenvalue weighted by atomic mass is 10.2. The lowest BCUT2D eigenvalue weighted by molar-refractivity contribution is -0.114. The molecule has 0 aliphatic rings. The van der Waals surface area contributed by atoms with Gasteiger partial charge in [-0.05, 0) is 18.6 Å². The molecular formula is C10H12ClNO2. The molecule has 0 saturated heterocycles. The van der Waals surface area contributed by atoms with Crippen molar-refractivity contribution in [3.63, 3.8) is 0 Å². The summed E-state index contributed by atoms with van der Waals surface area (Å²) in [6, 6.07) is 3.46. The summed E-state index contributed by atoms with van der Waals surface area (Å²) in [5.74, 6) is 0.443. The maximum Gasteiger partial charge on any atom is 0.221 e. The largest absolute Gasteiger partial charge is 0.495 e. The summed E-state index contributed by atoms with van der Waals surface area (Å²) in [6.45, 7) is 3.33. The van der Waals surface area contributed by atoms with E-state index in [1.54, 1.807) is 12.1 Å². The van der Waals surface area contributed by atoms with E-state index in [-0.39, 0.29) is 5.91 Å². The number of methoxy groups -OCH3 is 1. The Kier molecular flexibility index (Phi) is 3.36. The first-order chi connectivity index (χ1) is 6.54. The van der Waals surface area contributed by atoms with Gasteiger partial charge in [0.15, 0.2) is 0 Å². The van der Waals surface area contributed by atoms with Crippen molar-refractivity contribution < 1.29 is 9.53 Å². The van der Waals surface area contributed by atoms with Gasteiger partial charge < -0.3 is 10.1 Å². The van der Waals surface area contributed by atoms with Crippen LogP contribution in [0.15, 0.2) is 12.1 Å². The first-order valence-electron chi connectivity index (χ1n) is 4.16. The summed E-state index contributed by atoms with van der Waals surface area (Å²) < 4.78 is 5.04. The van der Waals surface area contributed by atoms with Gasteiger partial charge in [0.05, 0.1) is 12.1 Å². The molecule has 0 bridgehead atoms. The SMILES string of the molecule is COc1cc(NC(C)=O)c(C)cc1Cl. The van der Waals surface area contributed by atoms with E-state index in [1.807, 2.05) is 6.92 Å². The first kappa shape index (κ1) is 10.9. The molecule has 14 heavy (non-hydrogen) atoms. The van der Waals surface area contributed by atoms with Crippen molar-refractivity contribution in [2.75, 3.05) is 12.4 Å². The molecule has 1 amide bonds. The fourth-order valence-corrected chi connectivity index (χ4v) is 1.43.